The third-order valence-electron chi connectivity index (χ3n) is 6.75. The molecule has 0 N–H and O–H groups in total. The maximum atomic E-state index is 13.4. The van der Waals surface area contributed by atoms with Crippen LogP contribution in [-0.2, 0) is 14.3 Å². The van der Waals surface area contributed by atoms with E-state index in [1.54, 1.807) is 0 Å². The number of Topliss-reactive ketones (excluding diaryl/α,β-unsaturated/α-hetero) is 1. The number of hydrogen-bond donors (Lipinski definition) is 0. The predicted octanol–water partition coefficient (Wildman–Crippen LogP) is 7.27. The Hall–Kier alpha value is -2.10. The smallest absolute Gasteiger partial charge is 0.188 e. The van der Waals surface area contributed by atoms with Crippen LogP contribution in [0.2, 0.25) is 5.02 Å². The molecular formula is C27H31ClO3. The third kappa shape index (κ3) is 4.31. The Balaban J connectivity index is 1.80. The van der Waals surface area contributed by atoms with Gasteiger partial charge in [-0.25, -0.2) is 0 Å². The van der Waals surface area contributed by atoms with Crippen molar-refractivity contribution in [2.45, 2.75) is 59.3 Å². The molecule has 1 spiro atoms. The van der Waals surface area contributed by atoms with Gasteiger partial charge >= 0.3 is 0 Å². The molecule has 4 rings (SSSR count). The van der Waals surface area contributed by atoms with Crippen LogP contribution >= 0.6 is 11.6 Å². The fourth-order valence-corrected chi connectivity index (χ4v) is 5.46. The normalized spacial score (nSPS) is 18.1. The topological polar surface area (TPSA) is 35.5 Å². The molecule has 0 amide bonds. The van der Waals surface area contributed by atoms with Gasteiger partial charge in [-0.1, -0.05) is 55.1 Å². The summed E-state index contributed by atoms with van der Waals surface area (Å²) in [4.78, 5) is 13.4. The van der Waals surface area contributed by atoms with Crippen molar-refractivity contribution in [3.8, 4) is 11.1 Å². The van der Waals surface area contributed by atoms with E-state index in [1.807, 2.05) is 31.2 Å². The molecule has 2 aromatic rings. The lowest BCUT2D eigenvalue weighted by atomic mass is 9.72. The van der Waals surface area contributed by atoms with Crippen LogP contribution in [0.15, 0.2) is 42.2 Å². The van der Waals surface area contributed by atoms with Crippen molar-refractivity contribution in [3.05, 3.63) is 63.9 Å². The van der Waals surface area contributed by atoms with E-state index in [4.69, 9.17) is 21.1 Å². The quantitative estimate of drug-likeness (QED) is 0.351. The second-order valence-corrected chi connectivity index (χ2v) is 9.33. The summed E-state index contributed by atoms with van der Waals surface area (Å²) in [7, 11) is 0. The van der Waals surface area contributed by atoms with E-state index in [2.05, 4.69) is 26.0 Å². The van der Waals surface area contributed by atoms with Crippen LogP contribution in [0.3, 0.4) is 0 Å². The van der Waals surface area contributed by atoms with Crippen molar-refractivity contribution >= 4 is 23.0 Å². The molecule has 0 aromatic heterocycles. The Bertz CT molecular complexity index is 975. The summed E-state index contributed by atoms with van der Waals surface area (Å²) < 4.78 is 11.8. The number of ether oxygens (including phenoxy) is 2. The minimum Gasteiger partial charge on any atom is -0.471 e. The molecule has 2 aliphatic carbocycles. The number of rotatable bonds is 6. The van der Waals surface area contributed by atoms with Crippen molar-refractivity contribution < 1.29 is 14.3 Å². The van der Waals surface area contributed by atoms with Crippen molar-refractivity contribution in [1.29, 1.82) is 0 Å². The van der Waals surface area contributed by atoms with Crippen LogP contribution in [0, 0.1) is 19.3 Å². The molecule has 2 aliphatic rings. The van der Waals surface area contributed by atoms with Gasteiger partial charge < -0.3 is 9.47 Å². The summed E-state index contributed by atoms with van der Waals surface area (Å²) in [5.41, 5.74) is 6.08. The first-order valence-electron chi connectivity index (χ1n) is 11.3. The predicted molar refractivity (Wildman–Crippen MR) is 126 cm³/mol. The molecule has 1 fully saturated rings. The van der Waals surface area contributed by atoms with Crippen LogP contribution in [0.4, 0.5) is 0 Å². The SMILES string of the molecule is CCOCOC1=C(c2c(C)cc(-c3ccc(Cl)cc3)cc2C)C(=O)CC12CCCCC2. The van der Waals surface area contributed by atoms with E-state index in [9.17, 15) is 4.79 Å². The van der Waals surface area contributed by atoms with Gasteiger partial charge in [-0.05, 0) is 73.6 Å². The van der Waals surface area contributed by atoms with E-state index in [0.717, 1.165) is 69.9 Å². The summed E-state index contributed by atoms with van der Waals surface area (Å²) >= 11 is 6.06. The summed E-state index contributed by atoms with van der Waals surface area (Å²) in [5, 5.41) is 0.726. The van der Waals surface area contributed by atoms with Gasteiger partial charge in [-0.15, -0.1) is 0 Å². The third-order valence-corrected chi connectivity index (χ3v) is 7.00. The average Bonchev–Trinajstić information content (AvgIpc) is 2.99. The fourth-order valence-electron chi connectivity index (χ4n) is 5.33. The van der Waals surface area contributed by atoms with Gasteiger partial charge in [-0.3, -0.25) is 4.79 Å². The van der Waals surface area contributed by atoms with Gasteiger partial charge in [0, 0.05) is 23.5 Å². The molecule has 31 heavy (non-hydrogen) atoms. The Morgan fingerprint density at radius 1 is 0.968 bits per heavy atom. The molecule has 0 heterocycles. The molecular weight excluding hydrogens is 408 g/mol. The first-order chi connectivity index (χ1) is 14.9. The monoisotopic (exact) mass is 438 g/mol. The molecule has 0 atom stereocenters. The molecule has 0 radical (unpaired) electrons. The Kier molecular flexibility index (Phi) is 6.55. The van der Waals surface area contributed by atoms with Crippen LogP contribution in [0.25, 0.3) is 16.7 Å². The lowest BCUT2D eigenvalue weighted by molar-refractivity contribution is -0.115. The van der Waals surface area contributed by atoms with Gasteiger partial charge in [0.25, 0.3) is 0 Å². The van der Waals surface area contributed by atoms with Crippen molar-refractivity contribution in [3.63, 3.8) is 0 Å². The molecule has 2 aromatic carbocycles. The molecule has 164 valence electrons. The number of hydrogen-bond acceptors (Lipinski definition) is 3. The number of allylic oxidation sites excluding steroid dienone is 2. The van der Waals surface area contributed by atoms with Crippen molar-refractivity contribution in [2.75, 3.05) is 13.4 Å². The Morgan fingerprint density at radius 3 is 2.23 bits per heavy atom. The van der Waals surface area contributed by atoms with Crippen LogP contribution in [0.1, 0.15) is 62.1 Å². The van der Waals surface area contributed by atoms with Crippen LogP contribution in [-0.4, -0.2) is 19.2 Å². The number of benzene rings is 2. The van der Waals surface area contributed by atoms with Gasteiger partial charge in [0.15, 0.2) is 12.6 Å². The lowest BCUT2D eigenvalue weighted by Crippen LogP contribution is -2.26. The minimum absolute atomic E-state index is 0.157. The average molecular weight is 439 g/mol. The standard InChI is InChI=1S/C27H31ClO3/c1-4-30-17-31-26-25(23(29)16-27(26)12-6-5-7-13-27)24-18(2)14-21(15-19(24)3)20-8-10-22(28)11-9-20/h8-11,14-15H,4-7,12-13,16-17H2,1-3H3. The summed E-state index contributed by atoms with van der Waals surface area (Å²) in [6, 6.07) is 12.2. The zero-order valence-corrected chi connectivity index (χ0v) is 19.5. The Morgan fingerprint density at radius 2 is 1.61 bits per heavy atom. The first kappa shape index (κ1) is 22.1. The molecule has 0 saturated heterocycles. The number of ketones is 1. The lowest BCUT2D eigenvalue weighted by Gasteiger charge is -2.35. The molecule has 4 heteroatoms. The minimum atomic E-state index is -0.157. The van der Waals surface area contributed by atoms with Gasteiger partial charge in [0.2, 0.25) is 0 Å². The second kappa shape index (κ2) is 9.18. The highest BCUT2D eigenvalue weighted by molar-refractivity contribution is 6.30. The van der Waals surface area contributed by atoms with Gasteiger partial charge in [0.1, 0.15) is 5.76 Å². The number of halogens is 1. The van der Waals surface area contributed by atoms with E-state index < -0.39 is 0 Å². The highest BCUT2D eigenvalue weighted by Crippen LogP contribution is 2.54. The molecule has 0 aliphatic heterocycles. The van der Waals surface area contributed by atoms with Crippen molar-refractivity contribution in [2.24, 2.45) is 5.41 Å². The van der Waals surface area contributed by atoms with Crippen molar-refractivity contribution in [1.82, 2.24) is 0 Å². The molecule has 0 bridgehead atoms. The second-order valence-electron chi connectivity index (χ2n) is 8.89. The van der Waals surface area contributed by atoms with E-state index >= 15 is 0 Å². The number of carbonyl (C=O) groups is 1. The Labute approximate surface area is 190 Å². The van der Waals surface area contributed by atoms with Crippen LogP contribution < -0.4 is 0 Å². The molecule has 3 nitrogen and oxygen atoms in total. The zero-order chi connectivity index (χ0) is 22.0. The highest BCUT2D eigenvalue weighted by Gasteiger charge is 2.48. The van der Waals surface area contributed by atoms with E-state index in [-0.39, 0.29) is 18.0 Å². The zero-order valence-electron chi connectivity index (χ0n) is 18.7. The number of carbonyl (C=O) groups excluding carboxylic acids is 1. The fraction of sp³-hybridized carbons (Fsp3) is 0.444. The molecule has 1 saturated carbocycles. The maximum Gasteiger partial charge on any atom is 0.188 e. The van der Waals surface area contributed by atoms with E-state index in [0.29, 0.717) is 13.0 Å². The summed E-state index contributed by atoms with van der Waals surface area (Å²) in [6.07, 6.45) is 6.12. The molecule has 0 unspecified atom stereocenters. The summed E-state index contributed by atoms with van der Waals surface area (Å²) in [6.45, 7) is 6.93. The largest absolute Gasteiger partial charge is 0.471 e. The van der Waals surface area contributed by atoms with Gasteiger partial charge in [-0.2, -0.15) is 0 Å². The maximum absolute atomic E-state index is 13.4. The van der Waals surface area contributed by atoms with E-state index in [1.165, 1.54) is 6.42 Å². The van der Waals surface area contributed by atoms with Crippen LogP contribution in [0.5, 0.6) is 0 Å². The first-order valence-corrected chi connectivity index (χ1v) is 11.7. The highest BCUT2D eigenvalue weighted by atomic mass is 35.5. The number of aryl methyl sites for hydroxylation is 2. The summed E-state index contributed by atoms with van der Waals surface area (Å²) in [5.74, 6) is 1.08. The van der Waals surface area contributed by atoms with Gasteiger partial charge in [0.05, 0.1) is 5.57 Å².